The highest BCUT2D eigenvalue weighted by molar-refractivity contribution is 6.95. The first-order valence-electron chi connectivity index (χ1n) is 24.1. The molecule has 1 aromatic heterocycles. The maximum Gasteiger partial charge on any atom is 0.333 e. The van der Waals surface area contributed by atoms with Gasteiger partial charge in [0.1, 0.15) is 11.2 Å². The highest BCUT2D eigenvalue weighted by Gasteiger charge is 2.47. The molecule has 0 bridgehead atoms. The Kier molecular flexibility index (Phi) is 9.54. The van der Waals surface area contributed by atoms with E-state index in [1.807, 2.05) is 0 Å². The number of hydrogen-bond acceptors (Lipinski definition) is 3. The maximum atomic E-state index is 6.84. The molecule has 3 nitrogen and oxygen atoms in total. The summed E-state index contributed by atoms with van der Waals surface area (Å²) in [5, 5.41) is 2.27. The third-order valence-electron chi connectivity index (χ3n) is 14.6. The van der Waals surface area contributed by atoms with Crippen molar-refractivity contribution >= 4 is 68.1 Å². The van der Waals surface area contributed by atoms with E-state index in [9.17, 15) is 0 Å². The van der Waals surface area contributed by atoms with E-state index in [2.05, 4.69) is 253 Å². The van der Waals surface area contributed by atoms with Crippen molar-refractivity contribution in [2.75, 3.05) is 9.71 Å². The Morgan fingerprint density at radius 2 is 1.04 bits per heavy atom. The van der Waals surface area contributed by atoms with E-state index in [0.717, 1.165) is 39.0 Å². The molecule has 0 saturated heterocycles. The number of benzene rings is 9. The molecule has 0 spiro atoms. The van der Waals surface area contributed by atoms with Crippen molar-refractivity contribution in [1.29, 1.82) is 0 Å². The normalized spacial score (nSPS) is 13.2. The van der Waals surface area contributed by atoms with Crippen LogP contribution >= 0.6 is 0 Å². The monoisotopic (exact) mass is 878 g/mol. The fraction of sp³-hybridized carbons (Fsp3) is 0.156. The second-order valence-electron chi connectivity index (χ2n) is 21.0. The van der Waals surface area contributed by atoms with E-state index in [0.29, 0.717) is 0 Å². The summed E-state index contributed by atoms with van der Waals surface area (Å²) < 4.78 is 6.84. The smallest absolute Gasteiger partial charge is 0.333 e. The van der Waals surface area contributed by atoms with Crippen LogP contribution in [0.25, 0.3) is 66.4 Å². The Morgan fingerprint density at radius 1 is 0.412 bits per heavy atom. The molecule has 4 heteroatoms. The lowest BCUT2D eigenvalue weighted by molar-refractivity contribution is 0.590. The highest BCUT2D eigenvalue weighted by atomic mass is 16.3. The Hall–Kier alpha value is -7.56. The molecule has 0 radical (unpaired) electrons. The van der Waals surface area contributed by atoms with Crippen molar-refractivity contribution in [3.05, 3.63) is 210 Å². The van der Waals surface area contributed by atoms with Crippen LogP contribution in [0.4, 0.5) is 28.4 Å². The van der Waals surface area contributed by atoms with Gasteiger partial charge in [0.15, 0.2) is 0 Å². The molecule has 10 aromatic rings. The van der Waals surface area contributed by atoms with Crippen LogP contribution in [-0.4, -0.2) is 6.85 Å². The van der Waals surface area contributed by atoms with E-state index in [4.69, 9.17) is 4.42 Å². The molecule has 3 heterocycles. The Balaban J connectivity index is 1.27. The number of hydrogen-bond donors (Lipinski definition) is 0. The third kappa shape index (κ3) is 6.64. The first-order valence-corrected chi connectivity index (χ1v) is 24.1. The van der Waals surface area contributed by atoms with Crippen LogP contribution in [0.5, 0.6) is 0 Å². The molecule has 2 aliphatic heterocycles. The Morgan fingerprint density at radius 3 is 1.75 bits per heavy atom. The van der Waals surface area contributed by atoms with Gasteiger partial charge < -0.3 is 14.1 Å². The average molecular weight is 879 g/mol. The molecule has 0 amide bonds. The summed E-state index contributed by atoms with van der Waals surface area (Å²) >= 11 is 0. The molecule has 0 saturated carbocycles. The predicted octanol–water partition coefficient (Wildman–Crippen LogP) is 16.5. The summed E-state index contributed by atoms with van der Waals surface area (Å²) in [6.45, 7) is 18.1. The van der Waals surface area contributed by atoms with Crippen LogP contribution in [0, 0.1) is 13.8 Å². The van der Waals surface area contributed by atoms with Crippen LogP contribution in [0.2, 0.25) is 0 Å². The van der Waals surface area contributed by atoms with E-state index in [-0.39, 0.29) is 17.7 Å². The summed E-state index contributed by atoms with van der Waals surface area (Å²) in [4.78, 5) is 5.25. The zero-order chi connectivity index (χ0) is 46.6. The quantitative estimate of drug-likeness (QED) is 0.161. The van der Waals surface area contributed by atoms with E-state index in [1.165, 1.54) is 89.1 Å². The molecular formula is C64H55BN2O. The SMILES string of the molecule is Cc1cccc(C)c1-c1cc2c3c(c1)N(c1ccc(C(C)(C)C)cc1-c1ccccc1)c1ccc4oc5ccccc5c4c1B3N(c1ccc(C(C)(C)C)cc1)c1cc(-c3ccccc3)ccc1-2. The zero-order valence-corrected chi connectivity index (χ0v) is 40.3. The minimum atomic E-state index is -0.226. The number of para-hydroxylation sites is 1. The van der Waals surface area contributed by atoms with Gasteiger partial charge in [-0.25, -0.2) is 0 Å². The van der Waals surface area contributed by atoms with E-state index < -0.39 is 0 Å². The molecule has 0 fully saturated rings. The largest absolute Gasteiger partial charge is 0.456 e. The van der Waals surface area contributed by atoms with Crippen LogP contribution < -0.4 is 20.6 Å². The van der Waals surface area contributed by atoms with Gasteiger partial charge in [-0.1, -0.05) is 169 Å². The topological polar surface area (TPSA) is 19.6 Å². The van der Waals surface area contributed by atoms with Gasteiger partial charge in [0.2, 0.25) is 0 Å². The summed E-state index contributed by atoms with van der Waals surface area (Å²) in [5.41, 5.74) is 24.9. The third-order valence-corrected chi connectivity index (χ3v) is 14.6. The molecule has 0 N–H and O–H groups in total. The van der Waals surface area contributed by atoms with Crippen molar-refractivity contribution < 1.29 is 4.42 Å². The molecule has 9 aromatic carbocycles. The predicted molar refractivity (Wildman–Crippen MR) is 291 cm³/mol. The van der Waals surface area contributed by atoms with Crippen LogP contribution in [0.1, 0.15) is 63.8 Å². The maximum absolute atomic E-state index is 6.84. The minimum Gasteiger partial charge on any atom is -0.456 e. The highest BCUT2D eigenvalue weighted by Crippen LogP contribution is 2.52. The van der Waals surface area contributed by atoms with E-state index in [1.54, 1.807) is 0 Å². The van der Waals surface area contributed by atoms with Crippen molar-refractivity contribution in [1.82, 2.24) is 0 Å². The minimum absolute atomic E-state index is 0.00148. The zero-order valence-electron chi connectivity index (χ0n) is 40.3. The van der Waals surface area contributed by atoms with Gasteiger partial charge in [-0.3, -0.25) is 0 Å². The molecular weight excluding hydrogens is 824 g/mol. The summed E-state index contributed by atoms with van der Waals surface area (Å²) in [7, 11) is 0. The molecule has 330 valence electrons. The Labute approximate surface area is 401 Å². The number of furan rings is 1. The van der Waals surface area contributed by atoms with Gasteiger partial charge in [-0.05, 0) is 152 Å². The van der Waals surface area contributed by atoms with Crippen LogP contribution in [0.3, 0.4) is 0 Å². The number of fused-ring (bicyclic) bond motifs is 8. The molecule has 68 heavy (non-hydrogen) atoms. The van der Waals surface area contributed by atoms with Crippen molar-refractivity contribution in [2.24, 2.45) is 0 Å². The number of anilines is 5. The molecule has 2 aliphatic rings. The lowest BCUT2D eigenvalue weighted by Gasteiger charge is -2.46. The van der Waals surface area contributed by atoms with Gasteiger partial charge in [-0.2, -0.15) is 0 Å². The van der Waals surface area contributed by atoms with Crippen molar-refractivity contribution in [3.63, 3.8) is 0 Å². The first-order chi connectivity index (χ1) is 32.8. The summed E-state index contributed by atoms with van der Waals surface area (Å²) in [5.74, 6) is 0. The first kappa shape index (κ1) is 41.8. The number of rotatable bonds is 5. The van der Waals surface area contributed by atoms with Crippen LogP contribution in [-0.2, 0) is 10.8 Å². The lowest BCUT2D eigenvalue weighted by atomic mass is 9.42. The Bertz CT molecular complexity index is 3590. The van der Waals surface area contributed by atoms with Gasteiger partial charge in [0.05, 0.1) is 5.69 Å². The average Bonchev–Trinajstić information content (AvgIpc) is 3.73. The van der Waals surface area contributed by atoms with Gasteiger partial charge in [0, 0.05) is 44.6 Å². The fourth-order valence-electron chi connectivity index (χ4n) is 11.2. The second kappa shape index (κ2) is 15.5. The number of nitrogens with zero attached hydrogens (tertiary/aromatic N) is 2. The summed E-state index contributed by atoms with van der Waals surface area (Å²) in [6, 6.07) is 70.3. The molecule has 0 atom stereocenters. The second-order valence-corrected chi connectivity index (χ2v) is 21.0. The molecule has 12 rings (SSSR count). The lowest BCUT2D eigenvalue weighted by Crippen LogP contribution is -2.61. The number of aryl methyl sites for hydroxylation is 2. The molecule has 0 unspecified atom stereocenters. The summed E-state index contributed by atoms with van der Waals surface area (Å²) in [6.07, 6.45) is 0. The van der Waals surface area contributed by atoms with Gasteiger partial charge >= 0.3 is 6.85 Å². The van der Waals surface area contributed by atoms with Crippen molar-refractivity contribution in [3.8, 4) is 44.5 Å². The van der Waals surface area contributed by atoms with Crippen molar-refractivity contribution in [2.45, 2.75) is 66.2 Å². The van der Waals surface area contributed by atoms with Gasteiger partial charge in [-0.15, -0.1) is 0 Å². The molecule has 0 aliphatic carbocycles. The van der Waals surface area contributed by atoms with Gasteiger partial charge in [0.25, 0.3) is 0 Å². The van der Waals surface area contributed by atoms with Crippen LogP contribution in [0.15, 0.2) is 192 Å². The fourth-order valence-corrected chi connectivity index (χ4v) is 11.2. The standard InChI is InChI=1S/C64H55BN2O/c1-40-18-17-19-41(2)59(40)45-36-52-49-32-26-44(42-20-11-9-12-21-42)37-55(49)67(48-30-27-46(28-31-48)63(3,4)5)65-61(52)56(38-45)66(54-34-35-58-60(62(54)65)50-24-15-16-25-57(50)68-58)53-33-29-47(64(6,7)8)39-51(53)43-22-13-10-14-23-43/h9-39H,1-8H3. The van der Waals surface area contributed by atoms with E-state index >= 15 is 0 Å².